The minimum absolute atomic E-state index is 0.197. The number of ether oxygens (including phenoxy) is 1. The summed E-state index contributed by atoms with van der Waals surface area (Å²) in [5, 5.41) is 14.1. The highest BCUT2D eigenvalue weighted by Gasteiger charge is 2.49. The topological polar surface area (TPSA) is 105 Å². The number of benzene rings is 1. The second-order valence-electron chi connectivity index (χ2n) is 11.8. The summed E-state index contributed by atoms with van der Waals surface area (Å²) in [7, 11) is 1.89. The van der Waals surface area contributed by atoms with Crippen molar-refractivity contribution in [2.75, 3.05) is 19.7 Å². The van der Waals surface area contributed by atoms with Gasteiger partial charge in [0.05, 0.1) is 27.5 Å². The smallest absolute Gasteiger partial charge is 0.297 e. The number of alkyl halides is 1. The number of halogens is 1. The lowest BCUT2D eigenvalue weighted by atomic mass is 9.77. The Kier molecular flexibility index (Phi) is 5.41. The van der Waals surface area contributed by atoms with Crippen LogP contribution in [0.4, 0.5) is 4.39 Å². The third-order valence-corrected chi connectivity index (χ3v) is 10.6. The van der Waals surface area contributed by atoms with Crippen LogP contribution in [0.3, 0.4) is 0 Å². The van der Waals surface area contributed by atoms with Crippen LogP contribution in [0, 0.1) is 0 Å². The first-order valence-corrected chi connectivity index (χ1v) is 15.2. The maximum atomic E-state index is 14.2. The Morgan fingerprint density at radius 2 is 2.23 bits per heavy atom. The van der Waals surface area contributed by atoms with E-state index in [0.717, 1.165) is 71.0 Å². The predicted octanol–water partition coefficient (Wildman–Crippen LogP) is 5.20. The number of hydrogen-bond donors (Lipinski definition) is 2. The van der Waals surface area contributed by atoms with Crippen LogP contribution in [0.5, 0.6) is 6.01 Å². The molecule has 208 valence electrons. The maximum absolute atomic E-state index is 14.2. The molecule has 11 heteroatoms. The van der Waals surface area contributed by atoms with Crippen molar-refractivity contribution in [3.05, 3.63) is 33.7 Å². The summed E-state index contributed by atoms with van der Waals surface area (Å²) in [6.45, 7) is 3.94. The fraction of sp³-hybridized carbons (Fsp3) is 0.517. The van der Waals surface area contributed by atoms with E-state index in [9.17, 15) is 9.18 Å². The van der Waals surface area contributed by atoms with Gasteiger partial charge in [-0.1, -0.05) is 6.92 Å². The average Bonchev–Trinajstić information content (AvgIpc) is 3.73. The molecule has 0 saturated carbocycles. The number of rotatable bonds is 5. The second kappa shape index (κ2) is 8.84. The number of hydrogen-bond acceptors (Lipinski definition) is 7. The molecular formula is C29H32FN7O2S. The number of nitrogens with zero attached hydrogens (tertiary/aromatic N) is 5. The molecule has 8 rings (SSSR count). The summed E-state index contributed by atoms with van der Waals surface area (Å²) in [6.07, 6.45) is 7.93. The van der Waals surface area contributed by atoms with Gasteiger partial charge in [0, 0.05) is 31.0 Å². The number of aryl methyl sites for hydroxylation is 2. The third-order valence-electron chi connectivity index (χ3n) is 9.55. The number of H-pyrrole nitrogens is 2. The first-order chi connectivity index (χ1) is 19.5. The van der Waals surface area contributed by atoms with Gasteiger partial charge in [0.15, 0.2) is 0 Å². The third kappa shape index (κ3) is 3.46. The van der Waals surface area contributed by atoms with E-state index < -0.39 is 6.17 Å². The van der Waals surface area contributed by atoms with Gasteiger partial charge in [-0.15, -0.1) is 11.3 Å². The Hall–Kier alpha value is -3.31. The highest BCUT2D eigenvalue weighted by Crippen LogP contribution is 2.47. The monoisotopic (exact) mass is 561 g/mol. The van der Waals surface area contributed by atoms with Crippen molar-refractivity contribution in [3.63, 3.8) is 0 Å². The van der Waals surface area contributed by atoms with Gasteiger partial charge in [0.1, 0.15) is 28.7 Å². The fourth-order valence-corrected chi connectivity index (χ4v) is 8.94. The van der Waals surface area contributed by atoms with Crippen molar-refractivity contribution in [2.45, 2.75) is 69.5 Å². The largest absolute Gasteiger partial charge is 0.463 e. The Morgan fingerprint density at radius 1 is 1.32 bits per heavy atom. The quantitative estimate of drug-likeness (QED) is 0.306. The van der Waals surface area contributed by atoms with Crippen molar-refractivity contribution in [1.29, 1.82) is 0 Å². The first kappa shape index (κ1) is 24.5. The normalized spacial score (nSPS) is 24.9. The van der Waals surface area contributed by atoms with Crippen molar-refractivity contribution in [3.8, 4) is 17.3 Å². The van der Waals surface area contributed by atoms with Crippen LogP contribution in [-0.2, 0) is 13.5 Å². The van der Waals surface area contributed by atoms with Crippen molar-refractivity contribution >= 4 is 42.7 Å². The van der Waals surface area contributed by atoms with E-state index >= 15 is 0 Å². The van der Waals surface area contributed by atoms with Crippen LogP contribution in [0.15, 0.2) is 17.1 Å². The highest BCUT2D eigenvalue weighted by atomic mass is 32.1. The molecule has 2 N–H and O–H groups in total. The highest BCUT2D eigenvalue weighted by molar-refractivity contribution is 7.25. The molecule has 5 aromatic rings. The molecule has 1 aliphatic carbocycles. The van der Waals surface area contributed by atoms with E-state index in [-0.39, 0.29) is 17.1 Å². The summed E-state index contributed by atoms with van der Waals surface area (Å²) in [5.41, 5.74) is 5.98. The van der Waals surface area contributed by atoms with Crippen LogP contribution >= 0.6 is 11.3 Å². The van der Waals surface area contributed by atoms with Gasteiger partial charge < -0.3 is 4.74 Å². The predicted molar refractivity (Wildman–Crippen MR) is 154 cm³/mol. The van der Waals surface area contributed by atoms with E-state index in [1.165, 1.54) is 28.9 Å². The molecule has 2 fully saturated rings. The molecule has 2 aliphatic heterocycles. The molecule has 2 saturated heterocycles. The number of aromatic amines is 2. The molecule has 0 radical (unpaired) electrons. The van der Waals surface area contributed by atoms with E-state index in [1.54, 1.807) is 0 Å². The molecule has 9 nitrogen and oxygen atoms in total. The van der Waals surface area contributed by atoms with Gasteiger partial charge in [-0.3, -0.25) is 24.5 Å². The Bertz CT molecular complexity index is 1850. The van der Waals surface area contributed by atoms with E-state index in [4.69, 9.17) is 14.8 Å². The second-order valence-corrected chi connectivity index (χ2v) is 12.8. The molecule has 1 aromatic carbocycles. The molecule has 0 unspecified atom stereocenters. The molecule has 6 heterocycles. The summed E-state index contributed by atoms with van der Waals surface area (Å²) in [6, 6.07) is 2.45. The Balaban J connectivity index is 1.26. The number of aromatic nitrogens is 6. The van der Waals surface area contributed by atoms with Gasteiger partial charge in [-0.05, 0) is 68.2 Å². The summed E-state index contributed by atoms with van der Waals surface area (Å²) in [5.74, 6) is 0.458. The molecule has 3 aliphatic rings. The molecule has 0 amide bonds. The van der Waals surface area contributed by atoms with Crippen LogP contribution in [0.1, 0.15) is 62.5 Å². The number of fused-ring (bicyclic) bond motifs is 6. The van der Waals surface area contributed by atoms with Crippen LogP contribution < -0.4 is 10.3 Å². The standard InChI is InChI=1S/C29H32FN7O2S/c1-3-15-6-4-7-16-10-19-18(12-31-34-19)21(20(15)16)23-25-24(36(2)35-23)22-26(38)32-28(33-27(22)40-25)39-14-29-8-5-9-37(29)13-17(30)11-29/h10,12,15,17H,3-9,11,13-14H2,1-2H3,(H,31,34)(H,32,33,38)/t15-,17-,29+/m1/s1. The van der Waals surface area contributed by atoms with E-state index in [1.807, 2.05) is 17.9 Å². The van der Waals surface area contributed by atoms with Gasteiger partial charge in [0.2, 0.25) is 0 Å². The minimum atomic E-state index is -0.829. The Morgan fingerprint density at radius 3 is 3.10 bits per heavy atom. The van der Waals surface area contributed by atoms with Gasteiger partial charge >= 0.3 is 0 Å². The van der Waals surface area contributed by atoms with Gasteiger partial charge in [-0.25, -0.2) is 4.39 Å². The molecule has 0 spiro atoms. The van der Waals surface area contributed by atoms with Crippen LogP contribution in [0.2, 0.25) is 0 Å². The van der Waals surface area contributed by atoms with E-state index in [0.29, 0.717) is 35.7 Å². The maximum Gasteiger partial charge on any atom is 0.297 e. The molecular weight excluding hydrogens is 529 g/mol. The van der Waals surface area contributed by atoms with Gasteiger partial charge in [0.25, 0.3) is 11.6 Å². The molecule has 0 bridgehead atoms. The van der Waals surface area contributed by atoms with Crippen molar-refractivity contribution < 1.29 is 9.13 Å². The first-order valence-electron chi connectivity index (χ1n) is 14.4. The fourth-order valence-electron chi connectivity index (χ4n) is 7.75. The molecule has 3 atom stereocenters. The zero-order valence-electron chi connectivity index (χ0n) is 22.7. The summed E-state index contributed by atoms with van der Waals surface area (Å²) in [4.78, 5) is 23.9. The lowest BCUT2D eigenvalue weighted by molar-refractivity contribution is 0.107. The zero-order chi connectivity index (χ0) is 27.2. The van der Waals surface area contributed by atoms with Crippen LogP contribution in [-0.4, -0.2) is 66.3 Å². The number of nitrogens with one attached hydrogen (secondary N) is 2. The molecule has 40 heavy (non-hydrogen) atoms. The Labute approximate surface area is 233 Å². The van der Waals surface area contributed by atoms with Gasteiger partial charge in [-0.2, -0.15) is 15.2 Å². The SMILES string of the molecule is CC[C@@H]1CCCc2cc3[nH]ncc3c(-c3nn(C)c4c3sc3nc(OC[C@@]56CCCN5C[C@H](F)C6)[nH]c(=O)c34)c21. The average molecular weight is 562 g/mol. The number of thiophene rings is 1. The summed E-state index contributed by atoms with van der Waals surface area (Å²) >= 11 is 1.48. The van der Waals surface area contributed by atoms with Crippen LogP contribution in [0.25, 0.3) is 42.6 Å². The summed E-state index contributed by atoms with van der Waals surface area (Å²) < 4.78 is 23.1. The van der Waals surface area contributed by atoms with Crippen molar-refractivity contribution in [2.24, 2.45) is 7.05 Å². The lowest BCUT2D eigenvalue weighted by Crippen LogP contribution is -2.43. The minimum Gasteiger partial charge on any atom is -0.463 e. The van der Waals surface area contributed by atoms with E-state index in [2.05, 4.69) is 33.1 Å². The molecule has 4 aromatic heterocycles. The lowest BCUT2D eigenvalue weighted by Gasteiger charge is -2.30. The van der Waals surface area contributed by atoms with Crippen molar-refractivity contribution in [1.82, 2.24) is 34.8 Å². The zero-order valence-corrected chi connectivity index (χ0v) is 23.5.